The highest BCUT2D eigenvalue weighted by molar-refractivity contribution is 7.10. The number of aromatic nitrogens is 2. The third-order valence-corrected chi connectivity index (χ3v) is 2.70. The summed E-state index contributed by atoms with van der Waals surface area (Å²) >= 11 is 0.445. The van der Waals surface area contributed by atoms with Crippen LogP contribution in [-0.4, -0.2) is 16.1 Å². The summed E-state index contributed by atoms with van der Waals surface area (Å²) < 4.78 is 41.5. The second kappa shape index (κ2) is 4.17. The number of hydrogen-bond acceptors (Lipinski definition) is 5. The summed E-state index contributed by atoms with van der Waals surface area (Å²) in [5.41, 5.74) is -0.111. The van der Waals surface area contributed by atoms with Crippen LogP contribution in [0.2, 0.25) is 0 Å². The summed E-state index contributed by atoms with van der Waals surface area (Å²) in [7, 11) is 0. The molecule has 0 radical (unpaired) electrons. The van der Waals surface area contributed by atoms with Gasteiger partial charge >= 0.3 is 12.2 Å². The number of nitrogens with one attached hydrogen (secondary N) is 1. The minimum atomic E-state index is -4.45. The van der Waals surface area contributed by atoms with E-state index < -0.39 is 17.0 Å². The molecule has 0 atom stereocenters. The van der Waals surface area contributed by atoms with Gasteiger partial charge in [0.1, 0.15) is 4.88 Å². The fourth-order valence-corrected chi connectivity index (χ4v) is 1.76. The van der Waals surface area contributed by atoms with Gasteiger partial charge in [0.15, 0.2) is 0 Å². The molecule has 0 fully saturated rings. The second-order valence-corrected chi connectivity index (χ2v) is 3.81. The van der Waals surface area contributed by atoms with Crippen LogP contribution in [0.3, 0.4) is 0 Å². The standard InChI is InChI=1S/C8H4F3N3O2S/c9-8(10,11)5-1-4(2-17-5)6(15)13-7-14-12-3-16-7/h1-3H,(H,13,14,15). The van der Waals surface area contributed by atoms with Gasteiger partial charge in [-0.3, -0.25) is 10.1 Å². The predicted molar refractivity (Wildman–Crippen MR) is 51.6 cm³/mol. The van der Waals surface area contributed by atoms with Gasteiger partial charge in [-0.15, -0.1) is 16.4 Å². The van der Waals surface area contributed by atoms with Crippen molar-refractivity contribution >= 4 is 23.3 Å². The third-order valence-electron chi connectivity index (χ3n) is 1.72. The number of carbonyl (C=O) groups is 1. The minimum absolute atomic E-state index is 0.111. The smallest absolute Gasteiger partial charge is 0.411 e. The van der Waals surface area contributed by atoms with Crippen LogP contribution in [0.1, 0.15) is 15.2 Å². The molecule has 2 rings (SSSR count). The lowest BCUT2D eigenvalue weighted by molar-refractivity contribution is -0.134. The van der Waals surface area contributed by atoms with Gasteiger partial charge in [0.2, 0.25) is 6.39 Å². The average molecular weight is 263 g/mol. The van der Waals surface area contributed by atoms with Gasteiger partial charge in [-0.1, -0.05) is 5.10 Å². The second-order valence-electron chi connectivity index (χ2n) is 2.90. The Morgan fingerprint density at radius 2 is 2.24 bits per heavy atom. The van der Waals surface area contributed by atoms with Gasteiger partial charge in [0.05, 0.1) is 5.56 Å². The molecule has 0 aromatic carbocycles. The Labute approximate surface area is 96.3 Å². The van der Waals surface area contributed by atoms with Crippen LogP contribution in [0, 0.1) is 0 Å². The number of amides is 1. The molecule has 2 aromatic rings. The molecule has 1 N–H and O–H groups in total. The van der Waals surface area contributed by atoms with E-state index in [9.17, 15) is 18.0 Å². The van der Waals surface area contributed by atoms with Crippen molar-refractivity contribution in [1.82, 2.24) is 10.2 Å². The molecule has 0 unspecified atom stereocenters. The number of anilines is 1. The Hall–Kier alpha value is -1.90. The summed E-state index contributed by atoms with van der Waals surface area (Å²) in [6.07, 6.45) is -3.46. The van der Waals surface area contributed by atoms with Gasteiger partial charge in [-0.05, 0) is 6.07 Å². The molecule has 0 saturated heterocycles. The monoisotopic (exact) mass is 263 g/mol. The van der Waals surface area contributed by atoms with E-state index in [0.29, 0.717) is 11.3 Å². The van der Waals surface area contributed by atoms with Gasteiger partial charge in [0, 0.05) is 5.38 Å². The zero-order chi connectivity index (χ0) is 12.5. The number of alkyl halides is 3. The fraction of sp³-hybridized carbons (Fsp3) is 0.125. The molecule has 1 amide bonds. The molecule has 2 aromatic heterocycles. The molecule has 90 valence electrons. The average Bonchev–Trinajstić information content (AvgIpc) is 2.85. The molecule has 0 saturated carbocycles. The lowest BCUT2D eigenvalue weighted by atomic mass is 10.3. The lowest BCUT2D eigenvalue weighted by Crippen LogP contribution is -2.11. The first kappa shape index (κ1) is 11.6. The lowest BCUT2D eigenvalue weighted by Gasteiger charge is -2.00. The topological polar surface area (TPSA) is 68.0 Å². The molecule has 0 aliphatic heterocycles. The number of carbonyl (C=O) groups excluding carboxylic acids is 1. The molecule has 9 heteroatoms. The van der Waals surface area contributed by atoms with Crippen LogP contribution in [0.25, 0.3) is 0 Å². The third kappa shape index (κ3) is 2.61. The molecule has 0 bridgehead atoms. The van der Waals surface area contributed by atoms with Gasteiger partial charge in [0.25, 0.3) is 5.91 Å². The van der Waals surface area contributed by atoms with Crippen molar-refractivity contribution in [2.24, 2.45) is 0 Å². The Kier molecular flexibility index (Phi) is 2.84. The largest absolute Gasteiger partial charge is 0.425 e. The summed E-state index contributed by atoms with van der Waals surface area (Å²) in [5.74, 6) is -0.735. The molecule has 0 aliphatic carbocycles. The van der Waals surface area contributed by atoms with Gasteiger partial charge in [-0.2, -0.15) is 13.2 Å². The normalized spacial score (nSPS) is 11.5. The molecular weight excluding hydrogens is 259 g/mol. The van der Waals surface area contributed by atoms with E-state index in [0.717, 1.165) is 17.8 Å². The molecule has 0 spiro atoms. The molecule has 0 aliphatic rings. The van der Waals surface area contributed by atoms with Crippen LogP contribution in [0.4, 0.5) is 19.2 Å². The van der Waals surface area contributed by atoms with Crippen molar-refractivity contribution in [3.05, 3.63) is 28.3 Å². The minimum Gasteiger partial charge on any atom is -0.411 e. The van der Waals surface area contributed by atoms with Gasteiger partial charge in [-0.25, -0.2) is 0 Å². The van der Waals surface area contributed by atoms with Crippen LogP contribution in [0.5, 0.6) is 0 Å². The predicted octanol–water partition coefficient (Wildman–Crippen LogP) is 2.40. The van der Waals surface area contributed by atoms with Crippen molar-refractivity contribution in [3.8, 4) is 0 Å². The first-order valence-corrected chi connectivity index (χ1v) is 5.08. The zero-order valence-electron chi connectivity index (χ0n) is 7.99. The number of nitrogens with zero attached hydrogens (tertiary/aromatic N) is 2. The van der Waals surface area contributed by atoms with E-state index in [1.54, 1.807) is 0 Å². The Morgan fingerprint density at radius 1 is 1.47 bits per heavy atom. The maximum atomic E-state index is 12.3. The summed E-state index contributed by atoms with van der Waals surface area (Å²) in [5, 5.41) is 9.94. The Morgan fingerprint density at radius 3 is 2.76 bits per heavy atom. The van der Waals surface area contributed by atoms with Crippen molar-refractivity contribution in [2.75, 3.05) is 5.32 Å². The number of hydrogen-bond donors (Lipinski definition) is 1. The number of halogens is 3. The highest BCUT2D eigenvalue weighted by atomic mass is 32.1. The molecule has 2 heterocycles. The first-order valence-electron chi connectivity index (χ1n) is 4.20. The van der Waals surface area contributed by atoms with E-state index in [2.05, 4.69) is 19.9 Å². The molecule has 17 heavy (non-hydrogen) atoms. The van der Waals surface area contributed by atoms with Crippen LogP contribution >= 0.6 is 11.3 Å². The number of thiophene rings is 1. The molecular formula is C8H4F3N3O2S. The zero-order valence-corrected chi connectivity index (χ0v) is 8.80. The van der Waals surface area contributed by atoms with Crippen molar-refractivity contribution in [1.29, 1.82) is 0 Å². The SMILES string of the molecule is O=C(Nc1nnco1)c1csc(C(F)(F)F)c1. The van der Waals surface area contributed by atoms with Crippen molar-refractivity contribution in [3.63, 3.8) is 0 Å². The van der Waals surface area contributed by atoms with Crippen molar-refractivity contribution in [2.45, 2.75) is 6.18 Å². The van der Waals surface area contributed by atoms with E-state index >= 15 is 0 Å². The maximum absolute atomic E-state index is 12.3. The van der Waals surface area contributed by atoms with Crippen LogP contribution in [-0.2, 0) is 6.18 Å². The van der Waals surface area contributed by atoms with Crippen LogP contribution < -0.4 is 5.32 Å². The van der Waals surface area contributed by atoms with Crippen molar-refractivity contribution < 1.29 is 22.4 Å². The summed E-state index contributed by atoms with van der Waals surface area (Å²) in [6, 6.07) is 0.589. The first-order chi connectivity index (χ1) is 7.97. The van der Waals surface area contributed by atoms with E-state index in [4.69, 9.17) is 0 Å². The Balaban J connectivity index is 2.13. The van der Waals surface area contributed by atoms with E-state index in [1.807, 2.05) is 0 Å². The summed E-state index contributed by atoms with van der Waals surface area (Å²) in [6.45, 7) is 0. The van der Waals surface area contributed by atoms with Crippen LogP contribution in [0.15, 0.2) is 22.3 Å². The highest BCUT2D eigenvalue weighted by Crippen LogP contribution is 2.34. The highest BCUT2D eigenvalue weighted by Gasteiger charge is 2.33. The number of rotatable bonds is 2. The quantitative estimate of drug-likeness (QED) is 0.903. The maximum Gasteiger partial charge on any atom is 0.425 e. The molecule has 5 nitrogen and oxygen atoms in total. The fourth-order valence-electron chi connectivity index (χ4n) is 1.00. The van der Waals surface area contributed by atoms with E-state index in [1.165, 1.54) is 0 Å². The summed E-state index contributed by atoms with van der Waals surface area (Å²) in [4.78, 5) is 10.6. The Bertz CT molecular complexity index is 520. The van der Waals surface area contributed by atoms with E-state index in [-0.39, 0.29) is 11.6 Å². The van der Waals surface area contributed by atoms with Gasteiger partial charge < -0.3 is 4.42 Å².